The van der Waals surface area contributed by atoms with E-state index < -0.39 is 5.97 Å². The van der Waals surface area contributed by atoms with Crippen molar-refractivity contribution in [3.05, 3.63) is 22.7 Å². The van der Waals surface area contributed by atoms with Crippen LogP contribution in [0, 0.1) is 0 Å². The molecule has 18 heavy (non-hydrogen) atoms. The van der Waals surface area contributed by atoms with E-state index in [1.807, 2.05) is 0 Å². The Morgan fingerprint density at radius 3 is 2.67 bits per heavy atom. The van der Waals surface area contributed by atoms with Gasteiger partial charge in [0.2, 0.25) is 0 Å². The molecule has 0 aromatic heterocycles. The lowest BCUT2D eigenvalue weighted by Gasteiger charge is -2.27. The molecule has 1 aromatic rings. The van der Waals surface area contributed by atoms with Gasteiger partial charge < -0.3 is 14.6 Å². The van der Waals surface area contributed by atoms with Gasteiger partial charge in [0.05, 0.1) is 19.6 Å². The molecule has 5 heteroatoms. The van der Waals surface area contributed by atoms with Crippen LogP contribution in [-0.2, 0) is 11.2 Å². The molecule has 1 saturated carbocycles. The largest absolute Gasteiger partial charge is 0.493 e. The minimum absolute atomic E-state index is 0.121. The van der Waals surface area contributed by atoms with Crippen LogP contribution in [0.25, 0.3) is 0 Å². The maximum Gasteiger partial charge on any atom is 0.307 e. The average Bonchev–Trinajstić information content (AvgIpc) is 2.26. The predicted molar refractivity (Wildman–Crippen MR) is 67.6 cm³/mol. The topological polar surface area (TPSA) is 55.8 Å². The van der Waals surface area contributed by atoms with Crippen LogP contribution in [0.4, 0.5) is 0 Å². The van der Waals surface area contributed by atoms with Crippen LogP contribution in [0.1, 0.15) is 24.8 Å². The molecular formula is C13H15ClO4. The van der Waals surface area contributed by atoms with E-state index >= 15 is 0 Å². The van der Waals surface area contributed by atoms with Crippen molar-refractivity contribution in [2.75, 3.05) is 7.11 Å². The van der Waals surface area contributed by atoms with Crippen LogP contribution in [-0.4, -0.2) is 24.3 Å². The fourth-order valence-electron chi connectivity index (χ4n) is 1.80. The Balaban J connectivity index is 2.25. The normalized spacial score (nSPS) is 15.0. The van der Waals surface area contributed by atoms with Gasteiger partial charge in [0, 0.05) is 11.1 Å². The van der Waals surface area contributed by atoms with Gasteiger partial charge in [-0.1, -0.05) is 11.6 Å². The third kappa shape index (κ3) is 2.88. The molecule has 0 aliphatic heterocycles. The number of carboxylic acid groups (broad SMARTS) is 1. The number of benzene rings is 1. The molecule has 1 aromatic carbocycles. The molecule has 0 heterocycles. The summed E-state index contributed by atoms with van der Waals surface area (Å²) in [5, 5.41) is 9.20. The highest BCUT2D eigenvalue weighted by Gasteiger charge is 2.22. The average molecular weight is 271 g/mol. The second-order valence-electron chi connectivity index (χ2n) is 4.34. The van der Waals surface area contributed by atoms with Gasteiger partial charge in [0.15, 0.2) is 11.5 Å². The van der Waals surface area contributed by atoms with Gasteiger partial charge in [-0.15, -0.1) is 0 Å². The van der Waals surface area contributed by atoms with Gasteiger partial charge in [-0.25, -0.2) is 0 Å². The maximum absolute atomic E-state index is 10.7. The van der Waals surface area contributed by atoms with E-state index in [1.54, 1.807) is 12.1 Å². The molecule has 98 valence electrons. The van der Waals surface area contributed by atoms with Crippen molar-refractivity contribution in [1.29, 1.82) is 0 Å². The van der Waals surface area contributed by atoms with Crippen molar-refractivity contribution in [3.63, 3.8) is 0 Å². The molecule has 2 rings (SSSR count). The lowest BCUT2D eigenvalue weighted by molar-refractivity contribution is -0.136. The van der Waals surface area contributed by atoms with Crippen molar-refractivity contribution in [3.8, 4) is 11.5 Å². The van der Waals surface area contributed by atoms with Crippen LogP contribution in [0.15, 0.2) is 12.1 Å². The first-order chi connectivity index (χ1) is 8.60. The van der Waals surface area contributed by atoms with Crippen LogP contribution in [0.2, 0.25) is 5.02 Å². The molecule has 0 radical (unpaired) electrons. The quantitative estimate of drug-likeness (QED) is 0.894. The zero-order valence-corrected chi connectivity index (χ0v) is 10.9. The van der Waals surface area contributed by atoms with E-state index in [1.165, 1.54) is 13.5 Å². The maximum atomic E-state index is 10.7. The summed E-state index contributed by atoms with van der Waals surface area (Å²) in [7, 11) is 1.54. The van der Waals surface area contributed by atoms with Gasteiger partial charge >= 0.3 is 5.97 Å². The van der Waals surface area contributed by atoms with Gasteiger partial charge in [0.1, 0.15) is 0 Å². The van der Waals surface area contributed by atoms with Gasteiger partial charge in [-0.2, -0.15) is 0 Å². The fourth-order valence-corrected chi connectivity index (χ4v) is 2.02. The van der Waals surface area contributed by atoms with E-state index in [0.717, 1.165) is 12.8 Å². The molecule has 0 atom stereocenters. The molecule has 1 fully saturated rings. The predicted octanol–water partition coefficient (Wildman–Crippen LogP) is 2.91. The Labute approximate surface area is 110 Å². The smallest absolute Gasteiger partial charge is 0.307 e. The first-order valence-electron chi connectivity index (χ1n) is 5.85. The number of hydrogen-bond donors (Lipinski definition) is 1. The van der Waals surface area contributed by atoms with E-state index in [4.69, 9.17) is 26.2 Å². The minimum Gasteiger partial charge on any atom is -0.493 e. The lowest BCUT2D eigenvalue weighted by atomic mass is 9.96. The molecule has 1 aliphatic carbocycles. The Morgan fingerprint density at radius 2 is 2.17 bits per heavy atom. The van der Waals surface area contributed by atoms with Crippen LogP contribution >= 0.6 is 11.6 Å². The summed E-state index contributed by atoms with van der Waals surface area (Å²) < 4.78 is 11.0. The SMILES string of the molecule is COc1cc(Cl)c(CC(=O)O)cc1OC1CCC1. The molecule has 0 unspecified atom stereocenters. The highest BCUT2D eigenvalue weighted by Crippen LogP contribution is 2.36. The van der Waals surface area contributed by atoms with Crippen molar-refractivity contribution < 1.29 is 19.4 Å². The van der Waals surface area contributed by atoms with Gasteiger partial charge in [-0.05, 0) is 30.9 Å². The van der Waals surface area contributed by atoms with Crippen LogP contribution in [0.3, 0.4) is 0 Å². The molecule has 1 aliphatic rings. The lowest BCUT2D eigenvalue weighted by Crippen LogP contribution is -2.24. The Hall–Kier alpha value is -1.42. The second-order valence-corrected chi connectivity index (χ2v) is 4.74. The molecule has 0 saturated heterocycles. The zero-order valence-electron chi connectivity index (χ0n) is 10.1. The van der Waals surface area contributed by atoms with Crippen molar-refractivity contribution in [1.82, 2.24) is 0 Å². The first-order valence-corrected chi connectivity index (χ1v) is 6.23. The molecule has 0 bridgehead atoms. The molecule has 1 N–H and O–H groups in total. The van der Waals surface area contributed by atoms with Crippen LogP contribution < -0.4 is 9.47 Å². The Kier molecular flexibility index (Phi) is 3.97. The number of aliphatic carboxylic acids is 1. The fraction of sp³-hybridized carbons (Fsp3) is 0.462. The number of methoxy groups -OCH3 is 1. The van der Waals surface area contributed by atoms with Crippen LogP contribution in [0.5, 0.6) is 11.5 Å². The summed E-state index contributed by atoms with van der Waals surface area (Å²) in [6.45, 7) is 0. The molecule has 0 amide bonds. The Bertz CT molecular complexity index is 455. The summed E-state index contributed by atoms with van der Waals surface area (Å²) in [4.78, 5) is 10.7. The summed E-state index contributed by atoms with van der Waals surface area (Å²) in [5.74, 6) is 0.195. The van der Waals surface area contributed by atoms with Crippen molar-refractivity contribution in [2.24, 2.45) is 0 Å². The number of carbonyl (C=O) groups is 1. The number of carboxylic acids is 1. The Morgan fingerprint density at radius 1 is 1.44 bits per heavy atom. The summed E-state index contributed by atoms with van der Waals surface area (Å²) in [5.41, 5.74) is 0.541. The molecular weight excluding hydrogens is 256 g/mol. The first kappa shape index (κ1) is 13.0. The monoisotopic (exact) mass is 270 g/mol. The minimum atomic E-state index is -0.920. The number of rotatable bonds is 5. The molecule has 0 spiro atoms. The van der Waals surface area contributed by atoms with Gasteiger partial charge in [-0.3, -0.25) is 4.79 Å². The number of hydrogen-bond acceptors (Lipinski definition) is 3. The van der Waals surface area contributed by atoms with Crippen molar-refractivity contribution >= 4 is 17.6 Å². The molecule has 4 nitrogen and oxygen atoms in total. The summed E-state index contributed by atoms with van der Waals surface area (Å²) in [6.07, 6.45) is 3.31. The van der Waals surface area contributed by atoms with E-state index in [-0.39, 0.29) is 12.5 Å². The standard InChI is InChI=1S/C13H15ClO4/c1-17-11-7-10(14)8(6-13(15)16)5-12(11)18-9-3-2-4-9/h5,7,9H,2-4,6H2,1H3,(H,15,16). The summed E-state index contributed by atoms with van der Waals surface area (Å²) >= 11 is 6.01. The third-order valence-corrected chi connectivity index (χ3v) is 3.37. The van der Waals surface area contributed by atoms with E-state index in [9.17, 15) is 4.79 Å². The van der Waals surface area contributed by atoms with Crippen molar-refractivity contribution in [2.45, 2.75) is 31.8 Å². The number of halogens is 1. The highest BCUT2D eigenvalue weighted by atomic mass is 35.5. The summed E-state index contributed by atoms with van der Waals surface area (Å²) in [6, 6.07) is 3.27. The zero-order chi connectivity index (χ0) is 13.1. The van der Waals surface area contributed by atoms with E-state index in [2.05, 4.69) is 0 Å². The van der Waals surface area contributed by atoms with E-state index in [0.29, 0.717) is 22.1 Å². The number of ether oxygens (including phenoxy) is 2. The highest BCUT2D eigenvalue weighted by molar-refractivity contribution is 6.31. The second kappa shape index (κ2) is 5.48. The third-order valence-electron chi connectivity index (χ3n) is 3.02. The van der Waals surface area contributed by atoms with Gasteiger partial charge in [0.25, 0.3) is 0 Å².